The van der Waals surface area contributed by atoms with Gasteiger partial charge >= 0.3 is 0 Å². The summed E-state index contributed by atoms with van der Waals surface area (Å²) in [5, 5.41) is 14.8. The normalized spacial score (nSPS) is 11.3. The number of anilines is 4. The molecule has 18 heteroatoms. The lowest BCUT2D eigenvalue weighted by Gasteiger charge is -2.16. The van der Waals surface area contributed by atoms with E-state index < -0.39 is 41.2 Å². The van der Waals surface area contributed by atoms with Crippen LogP contribution >= 0.6 is 68.4 Å². The van der Waals surface area contributed by atoms with E-state index in [1.165, 1.54) is 14.0 Å². The highest BCUT2D eigenvalue weighted by Crippen LogP contribution is 2.33. The first-order valence-electron chi connectivity index (χ1n) is 14.1. The van der Waals surface area contributed by atoms with Crippen molar-refractivity contribution in [3.8, 4) is 0 Å². The van der Waals surface area contributed by atoms with Crippen LogP contribution in [0.25, 0.3) is 0 Å². The summed E-state index contributed by atoms with van der Waals surface area (Å²) in [6.07, 6.45) is -0.656. The maximum absolute atomic E-state index is 14.2. The lowest BCUT2D eigenvalue weighted by atomic mass is 10.1. The second-order valence-corrected chi connectivity index (χ2v) is 13.2. The van der Waals surface area contributed by atoms with E-state index in [1.54, 1.807) is 36.4 Å². The summed E-state index contributed by atoms with van der Waals surface area (Å²) < 4.78 is 62.2. The van der Waals surface area contributed by atoms with Gasteiger partial charge in [-0.25, -0.2) is 28.5 Å². The van der Waals surface area contributed by atoms with Gasteiger partial charge in [0.2, 0.25) is 0 Å². The highest BCUT2D eigenvalue weighted by molar-refractivity contribution is 14.1. The summed E-state index contributed by atoms with van der Waals surface area (Å²) in [6.45, 7) is 1.58. The third-order valence-corrected chi connectivity index (χ3v) is 8.19. The number of hydrogen-bond donors (Lipinski definition) is 5. The molecule has 1 atom stereocenters. The van der Waals surface area contributed by atoms with Crippen LogP contribution in [0.2, 0.25) is 10.0 Å². The monoisotopic (exact) mass is 964 g/mol. The molecular weight excluding hydrogens is 937 g/mol. The number of aliphatic hydroxyl groups is 1. The molecule has 1 unspecified atom stereocenters. The molecule has 268 valence electrons. The van der Waals surface area contributed by atoms with Crippen molar-refractivity contribution < 1.29 is 46.7 Å². The van der Waals surface area contributed by atoms with Gasteiger partial charge in [0.25, 0.3) is 11.8 Å². The molecule has 2 amide bonds. The number of methoxy groups -OCH3 is 1. The van der Waals surface area contributed by atoms with Gasteiger partial charge in [0.1, 0.15) is 6.10 Å². The second kappa shape index (κ2) is 20.2. The Morgan fingerprint density at radius 1 is 0.760 bits per heavy atom. The molecule has 0 aliphatic rings. The Morgan fingerprint density at radius 3 is 1.64 bits per heavy atom. The van der Waals surface area contributed by atoms with Crippen molar-refractivity contribution >= 4 is 103 Å². The van der Waals surface area contributed by atoms with Crippen molar-refractivity contribution in [2.45, 2.75) is 13.0 Å². The van der Waals surface area contributed by atoms with Gasteiger partial charge in [0.15, 0.2) is 23.3 Å². The fraction of sp³-hybridized carbons (Fsp3) is 0.188. The first kappa shape index (κ1) is 41.4. The molecule has 0 aliphatic carbocycles. The van der Waals surface area contributed by atoms with Gasteiger partial charge in [-0.15, -0.1) is 0 Å². The lowest BCUT2D eigenvalue weighted by Crippen LogP contribution is -2.30. The fourth-order valence-corrected chi connectivity index (χ4v) is 5.52. The fourth-order valence-electron chi connectivity index (χ4n) is 3.72. The maximum Gasteiger partial charge on any atom is 0.277 e. The van der Waals surface area contributed by atoms with Crippen LogP contribution in [-0.2, 0) is 14.4 Å². The smallest absolute Gasteiger partial charge is 0.277 e. The lowest BCUT2D eigenvalue weighted by molar-refractivity contribution is -0.0304. The van der Waals surface area contributed by atoms with Gasteiger partial charge < -0.3 is 20.5 Å². The molecule has 0 aliphatic heterocycles. The summed E-state index contributed by atoms with van der Waals surface area (Å²) in [4.78, 5) is 34.2. The summed E-state index contributed by atoms with van der Waals surface area (Å²) in [5.74, 6) is -6.18. The van der Waals surface area contributed by atoms with Crippen molar-refractivity contribution in [1.29, 1.82) is 0 Å². The number of halogens is 8. The van der Waals surface area contributed by atoms with Crippen LogP contribution in [-0.4, -0.2) is 50.0 Å². The van der Waals surface area contributed by atoms with Crippen LogP contribution in [0.1, 0.15) is 27.6 Å². The zero-order chi connectivity index (χ0) is 37.0. The van der Waals surface area contributed by atoms with Crippen molar-refractivity contribution in [2.24, 2.45) is 0 Å². The number of aliphatic hydroxyl groups excluding tert-OH is 1. The van der Waals surface area contributed by atoms with Gasteiger partial charge in [-0.1, -0.05) is 23.2 Å². The van der Waals surface area contributed by atoms with Crippen LogP contribution < -0.4 is 21.6 Å². The summed E-state index contributed by atoms with van der Waals surface area (Å²) in [5.41, 5.74) is 3.85. The zero-order valence-corrected chi connectivity index (χ0v) is 31.8. The van der Waals surface area contributed by atoms with Gasteiger partial charge in [0, 0.05) is 14.3 Å². The Balaban J connectivity index is 0.000000270. The highest BCUT2D eigenvalue weighted by atomic mass is 127. The van der Waals surface area contributed by atoms with E-state index in [0.717, 1.165) is 31.4 Å². The van der Waals surface area contributed by atoms with Crippen LogP contribution in [0.15, 0.2) is 60.7 Å². The van der Waals surface area contributed by atoms with Crippen LogP contribution in [0, 0.1) is 30.4 Å². The van der Waals surface area contributed by atoms with Gasteiger partial charge in [-0.3, -0.25) is 19.3 Å². The molecule has 0 radical (unpaired) electrons. The van der Waals surface area contributed by atoms with Crippen LogP contribution in [0.3, 0.4) is 0 Å². The first-order valence-corrected chi connectivity index (χ1v) is 17.1. The molecule has 10 nitrogen and oxygen atoms in total. The second-order valence-electron chi connectivity index (χ2n) is 9.88. The molecule has 0 saturated carbocycles. The minimum Gasteiger partial charge on any atom is -0.394 e. The number of rotatable bonds is 13. The van der Waals surface area contributed by atoms with Gasteiger partial charge in [-0.2, -0.15) is 0 Å². The SMILES string of the molecule is CC(CO)ONC(=O)c1ccc(F)c(F)c1Nc1ccc(I)cc1Cl.COCCONC(=O)c1ccc(F)c(F)c1Nc1ccc(I)cc1Cl. The summed E-state index contributed by atoms with van der Waals surface area (Å²) >= 11 is 16.3. The number of hydroxylamine groups is 2. The Kier molecular flexibility index (Phi) is 16.7. The van der Waals surface area contributed by atoms with Gasteiger partial charge in [-0.05, 0) is 113 Å². The van der Waals surface area contributed by atoms with E-state index in [-0.39, 0.29) is 47.3 Å². The number of carbonyl (C=O) groups is 2. The maximum atomic E-state index is 14.2. The third-order valence-electron chi connectivity index (χ3n) is 6.22. The molecule has 0 heterocycles. The van der Waals surface area contributed by atoms with Crippen LogP contribution in [0.4, 0.5) is 40.3 Å². The van der Waals surface area contributed by atoms with Crippen molar-refractivity contribution in [3.05, 3.63) is 112 Å². The minimum atomic E-state index is -1.22. The van der Waals surface area contributed by atoms with E-state index in [1.807, 2.05) is 0 Å². The van der Waals surface area contributed by atoms with Crippen molar-refractivity contribution in [1.82, 2.24) is 11.0 Å². The van der Waals surface area contributed by atoms with E-state index in [0.29, 0.717) is 16.4 Å². The summed E-state index contributed by atoms with van der Waals surface area (Å²) in [6, 6.07) is 13.9. The van der Waals surface area contributed by atoms with E-state index in [2.05, 4.69) is 66.8 Å². The van der Waals surface area contributed by atoms with Crippen molar-refractivity contribution in [2.75, 3.05) is 37.6 Å². The first-order chi connectivity index (χ1) is 23.8. The zero-order valence-electron chi connectivity index (χ0n) is 26.0. The molecule has 4 aromatic rings. The number of benzene rings is 4. The Bertz CT molecular complexity index is 1830. The molecule has 0 spiro atoms. The molecule has 4 rings (SSSR count). The number of ether oxygens (including phenoxy) is 1. The Morgan fingerprint density at radius 2 is 1.22 bits per heavy atom. The predicted octanol–water partition coefficient (Wildman–Crippen LogP) is 8.28. The quantitative estimate of drug-likeness (QED) is 0.0392. The minimum absolute atomic E-state index is 0.109. The predicted molar refractivity (Wildman–Crippen MR) is 198 cm³/mol. The summed E-state index contributed by atoms with van der Waals surface area (Å²) in [7, 11) is 1.48. The number of hydrogen-bond acceptors (Lipinski definition) is 8. The average Bonchev–Trinajstić information content (AvgIpc) is 3.08. The topological polar surface area (TPSA) is 130 Å². The molecule has 0 saturated heterocycles. The molecule has 4 aromatic carbocycles. The largest absolute Gasteiger partial charge is 0.394 e. The molecular formula is C32H28Cl2F4I2N4O6. The standard InChI is InChI=1S/2C16H14ClF2IN2O3/c1-8(7-23)25-22-16(24)10-3-4-12(18)14(19)15(10)21-13-5-2-9(20)6-11(13)17;1-24-6-7-25-22-16(23)10-3-4-12(18)14(19)15(10)21-13-5-2-9(20)8-11(13)17/h2-6,8,21,23H,7H2,1H3,(H,22,24);2-5,8,21H,6-7H2,1H3,(H,22,23). The molecule has 0 bridgehead atoms. The number of carbonyl (C=O) groups excluding carboxylic acids is 2. The molecule has 0 fully saturated rings. The molecule has 5 N–H and O–H groups in total. The van der Waals surface area contributed by atoms with Crippen LogP contribution in [0.5, 0.6) is 0 Å². The Hall–Kier alpha value is -2.98. The third kappa shape index (κ3) is 11.8. The van der Waals surface area contributed by atoms with E-state index >= 15 is 0 Å². The average molecular weight is 965 g/mol. The number of amides is 2. The van der Waals surface area contributed by atoms with E-state index in [9.17, 15) is 27.2 Å². The highest BCUT2D eigenvalue weighted by Gasteiger charge is 2.22. The molecule has 50 heavy (non-hydrogen) atoms. The molecule has 0 aromatic heterocycles. The van der Waals surface area contributed by atoms with Gasteiger partial charge in [0.05, 0.1) is 63.7 Å². The Labute approximate surface area is 321 Å². The number of nitrogens with one attached hydrogen (secondary N) is 4. The van der Waals surface area contributed by atoms with Crippen molar-refractivity contribution in [3.63, 3.8) is 0 Å². The van der Waals surface area contributed by atoms with E-state index in [4.69, 9.17) is 42.7 Å².